The van der Waals surface area contributed by atoms with Crippen LogP contribution in [0.25, 0.3) is 0 Å². The zero-order valence-corrected chi connectivity index (χ0v) is 11.7. The number of nitrogens with two attached hydrogens (primary N) is 1. The van der Waals surface area contributed by atoms with E-state index in [0.717, 1.165) is 39.1 Å². The zero-order valence-electron chi connectivity index (χ0n) is 11.7. The Labute approximate surface area is 112 Å². The molecule has 0 saturated carbocycles. The van der Waals surface area contributed by atoms with Gasteiger partial charge in [0.2, 0.25) is 0 Å². The molecular weight excluding hydrogens is 226 g/mol. The average molecular weight is 255 g/mol. The van der Waals surface area contributed by atoms with Gasteiger partial charge in [-0.1, -0.05) is 25.8 Å². The topological polar surface area (TPSA) is 50.5 Å². The van der Waals surface area contributed by atoms with Gasteiger partial charge in [0.25, 0.3) is 0 Å². The SMILES string of the molecule is C=CCCCCCC(NN)C1CN(CC)CCO1. The molecule has 2 unspecified atom stereocenters. The van der Waals surface area contributed by atoms with E-state index < -0.39 is 0 Å². The van der Waals surface area contributed by atoms with Gasteiger partial charge in [-0.05, 0) is 25.8 Å². The average Bonchev–Trinajstić information content (AvgIpc) is 2.43. The van der Waals surface area contributed by atoms with Gasteiger partial charge in [0, 0.05) is 19.1 Å². The minimum atomic E-state index is 0.239. The molecule has 0 spiro atoms. The minimum Gasteiger partial charge on any atom is -0.374 e. The van der Waals surface area contributed by atoms with Crippen LogP contribution in [-0.4, -0.2) is 43.3 Å². The Hall–Kier alpha value is -0.420. The fourth-order valence-corrected chi connectivity index (χ4v) is 2.47. The Morgan fingerprint density at radius 3 is 3.00 bits per heavy atom. The van der Waals surface area contributed by atoms with E-state index in [0.29, 0.717) is 0 Å². The number of allylic oxidation sites excluding steroid dienone is 1. The highest BCUT2D eigenvalue weighted by molar-refractivity contribution is 4.81. The van der Waals surface area contributed by atoms with Crippen LogP contribution < -0.4 is 11.3 Å². The Kier molecular flexibility index (Phi) is 8.25. The van der Waals surface area contributed by atoms with Crippen LogP contribution in [0.3, 0.4) is 0 Å². The second kappa shape index (κ2) is 9.50. The number of likely N-dealkylation sites (N-methyl/N-ethyl adjacent to an activating group) is 1. The van der Waals surface area contributed by atoms with Crippen LogP contribution in [0.15, 0.2) is 12.7 Å². The Morgan fingerprint density at radius 2 is 2.33 bits per heavy atom. The molecule has 4 nitrogen and oxygen atoms in total. The summed E-state index contributed by atoms with van der Waals surface area (Å²) in [6.45, 7) is 9.90. The fraction of sp³-hybridized carbons (Fsp3) is 0.857. The highest BCUT2D eigenvalue weighted by Gasteiger charge is 2.26. The first-order valence-electron chi connectivity index (χ1n) is 7.22. The lowest BCUT2D eigenvalue weighted by Crippen LogP contribution is -2.53. The third kappa shape index (κ3) is 5.48. The molecule has 2 atom stereocenters. The first-order chi connectivity index (χ1) is 8.81. The maximum atomic E-state index is 5.84. The molecule has 0 aromatic carbocycles. The van der Waals surface area contributed by atoms with Crippen molar-refractivity contribution < 1.29 is 4.74 Å². The molecule has 4 heteroatoms. The molecule has 0 aliphatic carbocycles. The van der Waals surface area contributed by atoms with Gasteiger partial charge in [0.05, 0.1) is 12.7 Å². The van der Waals surface area contributed by atoms with Crippen LogP contribution in [0.4, 0.5) is 0 Å². The van der Waals surface area contributed by atoms with Gasteiger partial charge in [-0.3, -0.25) is 16.2 Å². The van der Waals surface area contributed by atoms with Gasteiger partial charge < -0.3 is 4.74 Å². The number of morpholine rings is 1. The maximum Gasteiger partial charge on any atom is 0.0868 e. The van der Waals surface area contributed by atoms with Crippen molar-refractivity contribution >= 4 is 0 Å². The summed E-state index contributed by atoms with van der Waals surface area (Å²) >= 11 is 0. The smallest absolute Gasteiger partial charge is 0.0868 e. The predicted molar refractivity (Wildman–Crippen MR) is 76.2 cm³/mol. The number of nitrogens with zero attached hydrogens (tertiary/aromatic N) is 1. The van der Waals surface area contributed by atoms with Crippen LogP contribution in [0.1, 0.15) is 39.0 Å². The van der Waals surface area contributed by atoms with Crippen molar-refractivity contribution in [3.63, 3.8) is 0 Å². The van der Waals surface area contributed by atoms with Crippen molar-refractivity contribution in [2.75, 3.05) is 26.2 Å². The molecular formula is C14H29N3O. The number of hydrazine groups is 1. The normalized spacial score (nSPS) is 22.9. The van der Waals surface area contributed by atoms with Crippen LogP contribution in [-0.2, 0) is 4.74 Å². The summed E-state index contributed by atoms with van der Waals surface area (Å²) < 4.78 is 5.84. The Morgan fingerprint density at radius 1 is 1.50 bits per heavy atom. The summed E-state index contributed by atoms with van der Waals surface area (Å²) in [6, 6.07) is 0.281. The van der Waals surface area contributed by atoms with Crippen molar-refractivity contribution in [1.29, 1.82) is 0 Å². The first kappa shape index (κ1) is 15.6. The largest absolute Gasteiger partial charge is 0.374 e. The summed E-state index contributed by atoms with van der Waals surface area (Å²) in [4.78, 5) is 2.43. The summed E-state index contributed by atoms with van der Waals surface area (Å²) in [5, 5.41) is 0. The quantitative estimate of drug-likeness (QED) is 0.285. The molecule has 0 amide bonds. The van der Waals surface area contributed by atoms with Crippen molar-refractivity contribution in [3.05, 3.63) is 12.7 Å². The van der Waals surface area contributed by atoms with E-state index in [4.69, 9.17) is 10.6 Å². The third-order valence-corrected chi connectivity index (χ3v) is 3.71. The van der Waals surface area contributed by atoms with E-state index >= 15 is 0 Å². The number of ether oxygens (including phenoxy) is 1. The Bertz CT molecular complexity index is 223. The Balaban J connectivity index is 2.24. The summed E-state index contributed by atoms with van der Waals surface area (Å²) in [5.41, 5.74) is 2.94. The monoisotopic (exact) mass is 255 g/mol. The van der Waals surface area contributed by atoms with Crippen LogP contribution in [0.2, 0.25) is 0 Å². The standard InChI is InChI=1S/C14H29N3O/c1-3-5-6-7-8-9-13(16-15)14-12-17(4-2)10-11-18-14/h3,13-14,16H,1,4-12,15H2,2H3. The number of unbranched alkanes of at least 4 members (excludes halogenated alkanes) is 3. The molecule has 18 heavy (non-hydrogen) atoms. The molecule has 1 rings (SSSR count). The highest BCUT2D eigenvalue weighted by Crippen LogP contribution is 2.14. The molecule has 3 N–H and O–H groups in total. The van der Waals surface area contributed by atoms with E-state index in [1.54, 1.807) is 0 Å². The molecule has 0 bridgehead atoms. The molecule has 106 valence electrons. The molecule has 1 saturated heterocycles. The van der Waals surface area contributed by atoms with E-state index in [-0.39, 0.29) is 12.1 Å². The van der Waals surface area contributed by atoms with Gasteiger partial charge >= 0.3 is 0 Å². The van der Waals surface area contributed by atoms with Crippen molar-refractivity contribution in [3.8, 4) is 0 Å². The summed E-state index contributed by atoms with van der Waals surface area (Å²) in [5.74, 6) is 5.67. The van der Waals surface area contributed by atoms with E-state index in [9.17, 15) is 0 Å². The van der Waals surface area contributed by atoms with Gasteiger partial charge in [0.15, 0.2) is 0 Å². The fourth-order valence-electron chi connectivity index (χ4n) is 2.47. The van der Waals surface area contributed by atoms with Gasteiger partial charge in [-0.2, -0.15) is 0 Å². The van der Waals surface area contributed by atoms with Gasteiger partial charge in [-0.15, -0.1) is 6.58 Å². The number of nitrogens with one attached hydrogen (secondary N) is 1. The molecule has 0 radical (unpaired) electrons. The van der Waals surface area contributed by atoms with Crippen LogP contribution in [0, 0.1) is 0 Å². The summed E-state index contributed by atoms with van der Waals surface area (Å²) in [7, 11) is 0. The second-order valence-corrected chi connectivity index (χ2v) is 5.00. The third-order valence-electron chi connectivity index (χ3n) is 3.71. The van der Waals surface area contributed by atoms with Crippen molar-refractivity contribution in [2.45, 2.75) is 51.2 Å². The maximum absolute atomic E-state index is 5.84. The molecule has 0 aromatic rings. The molecule has 1 aliphatic heterocycles. The number of hydrogen-bond acceptors (Lipinski definition) is 4. The van der Waals surface area contributed by atoms with Gasteiger partial charge in [-0.25, -0.2) is 0 Å². The van der Waals surface area contributed by atoms with E-state index in [1.807, 2.05) is 6.08 Å². The number of hydrogen-bond donors (Lipinski definition) is 2. The first-order valence-corrected chi connectivity index (χ1v) is 7.22. The zero-order chi connectivity index (χ0) is 13.2. The molecule has 1 fully saturated rings. The molecule has 1 aliphatic rings. The minimum absolute atomic E-state index is 0.239. The van der Waals surface area contributed by atoms with Crippen LogP contribution in [0.5, 0.6) is 0 Å². The molecule has 1 heterocycles. The van der Waals surface area contributed by atoms with Crippen molar-refractivity contribution in [1.82, 2.24) is 10.3 Å². The van der Waals surface area contributed by atoms with E-state index in [1.165, 1.54) is 19.3 Å². The summed E-state index contributed by atoms with van der Waals surface area (Å²) in [6.07, 6.45) is 8.11. The van der Waals surface area contributed by atoms with Crippen LogP contribution >= 0.6 is 0 Å². The highest BCUT2D eigenvalue weighted by atomic mass is 16.5. The predicted octanol–water partition coefficient (Wildman–Crippen LogP) is 1.68. The van der Waals surface area contributed by atoms with Gasteiger partial charge in [0.1, 0.15) is 0 Å². The van der Waals surface area contributed by atoms with Crippen molar-refractivity contribution in [2.24, 2.45) is 5.84 Å². The lowest BCUT2D eigenvalue weighted by atomic mass is 10.0. The lowest BCUT2D eigenvalue weighted by molar-refractivity contribution is -0.0465. The second-order valence-electron chi connectivity index (χ2n) is 5.00. The molecule has 0 aromatic heterocycles. The van der Waals surface area contributed by atoms with E-state index in [2.05, 4.69) is 23.8 Å². The lowest BCUT2D eigenvalue weighted by Gasteiger charge is -2.36. The number of rotatable bonds is 9.